The number of rotatable bonds is 8. The van der Waals surface area contributed by atoms with E-state index in [1.54, 1.807) is 13.8 Å². The molecule has 3 N–H and O–H groups in total. The normalized spacial score (nSPS) is 42.3. The number of Topliss-reactive ketones (excluding diaryl/α,β-unsaturated/α-hetero) is 1. The standard InChI is InChI=1S/C42H67NO7/c1-25(2)34-28(45)21-42(31(46)24-43-20-10-11-26(44)23-43)19-18-40(8)27(35(34)42)12-13-30-39(7)16-15-32(50-33(47)22-37(3,4)36(48)49)38(5,6)29(39)14-17-41(30,40)9/h25-27,29-32,44,46H,10-24H2,1-9H3,(H,48,49). The van der Waals surface area contributed by atoms with E-state index < -0.39 is 28.9 Å². The first-order valence-electron chi connectivity index (χ1n) is 19.9. The summed E-state index contributed by atoms with van der Waals surface area (Å²) in [5.41, 5.74) is 0.478. The lowest BCUT2D eigenvalue weighted by Gasteiger charge is -2.72. The molecule has 0 amide bonds. The number of fused-ring (bicyclic) bond motifs is 7. The molecule has 4 saturated carbocycles. The van der Waals surface area contributed by atoms with Crippen molar-refractivity contribution in [1.29, 1.82) is 0 Å². The zero-order valence-electron chi connectivity index (χ0n) is 32.6. The first-order chi connectivity index (χ1) is 23.1. The summed E-state index contributed by atoms with van der Waals surface area (Å²) in [5, 5.41) is 32.2. The smallest absolute Gasteiger partial charge is 0.309 e. The number of aliphatic hydroxyl groups excluding tert-OH is 2. The molecular weight excluding hydrogens is 630 g/mol. The van der Waals surface area contributed by atoms with Crippen molar-refractivity contribution in [1.82, 2.24) is 4.90 Å². The van der Waals surface area contributed by atoms with Crippen LogP contribution in [0.15, 0.2) is 11.1 Å². The summed E-state index contributed by atoms with van der Waals surface area (Å²) in [4.78, 5) is 41.0. The number of carbonyl (C=O) groups excluding carboxylic acids is 2. The highest BCUT2D eigenvalue weighted by molar-refractivity contribution is 6.00. The van der Waals surface area contributed by atoms with Gasteiger partial charge in [0.25, 0.3) is 0 Å². The summed E-state index contributed by atoms with van der Waals surface area (Å²) >= 11 is 0. The molecule has 5 fully saturated rings. The lowest BCUT2D eigenvalue weighted by atomic mass is 9.33. The van der Waals surface area contributed by atoms with Crippen LogP contribution in [0.4, 0.5) is 0 Å². The molecule has 0 aromatic rings. The second kappa shape index (κ2) is 12.7. The molecule has 0 aromatic carbocycles. The minimum Gasteiger partial charge on any atom is -0.481 e. The van der Waals surface area contributed by atoms with E-state index in [9.17, 15) is 29.7 Å². The van der Waals surface area contributed by atoms with Crippen molar-refractivity contribution in [3.63, 3.8) is 0 Å². The van der Waals surface area contributed by atoms with E-state index in [1.165, 1.54) is 5.57 Å². The number of aliphatic carboxylic acids is 1. The quantitative estimate of drug-likeness (QED) is 0.228. The molecule has 10 unspecified atom stereocenters. The monoisotopic (exact) mass is 697 g/mol. The number of ketones is 1. The highest BCUT2D eigenvalue weighted by Gasteiger charge is 2.71. The molecular formula is C42H67NO7. The molecule has 10 atom stereocenters. The van der Waals surface area contributed by atoms with Gasteiger partial charge in [0.05, 0.1) is 24.0 Å². The number of β-amino-alcohol motifs (C(OH)–C–C–N with tert-alkyl or cyclic N) is 2. The van der Waals surface area contributed by atoms with Crippen molar-refractivity contribution in [2.75, 3.05) is 19.6 Å². The van der Waals surface area contributed by atoms with Crippen molar-refractivity contribution in [3.8, 4) is 0 Å². The minimum atomic E-state index is -1.16. The number of aliphatic hydroxyl groups is 2. The Morgan fingerprint density at radius 2 is 1.64 bits per heavy atom. The van der Waals surface area contributed by atoms with E-state index >= 15 is 0 Å². The molecule has 6 aliphatic rings. The van der Waals surface area contributed by atoms with Crippen molar-refractivity contribution in [2.45, 2.75) is 158 Å². The van der Waals surface area contributed by atoms with Crippen LogP contribution in [0.1, 0.15) is 139 Å². The molecule has 0 radical (unpaired) electrons. The van der Waals surface area contributed by atoms with Gasteiger partial charge in [0, 0.05) is 30.3 Å². The predicted octanol–water partition coefficient (Wildman–Crippen LogP) is 7.20. The molecule has 6 rings (SSSR count). The summed E-state index contributed by atoms with van der Waals surface area (Å²) < 4.78 is 6.16. The van der Waals surface area contributed by atoms with E-state index in [4.69, 9.17) is 4.74 Å². The lowest BCUT2D eigenvalue weighted by molar-refractivity contribution is -0.235. The SMILES string of the molecule is CC(C)C1=C2C3CCC4C5(C)CCC(OC(=O)CC(C)(C)C(=O)O)C(C)(C)C5CCC4(C)C3(C)CCC2(C(O)CN2CCCC(O)C2)CC1=O. The number of ether oxygens (including phenoxy) is 1. The maximum atomic E-state index is 14.0. The maximum Gasteiger partial charge on any atom is 0.309 e. The van der Waals surface area contributed by atoms with E-state index in [0.29, 0.717) is 31.3 Å². The molecule has 1 aliphatic heterocycles. The second-order valence-corrected chi connectivity index (χ2v) is 20.1. The zero-order chi connectivity index (χ0) is 36.8. The lowest BCUT2D eigenvalue weighted by Crippen LogP contribution is -2.66. The van der Waals surface area contributed by atoms with Crippen molar-refractivity contribution < 1.29 is 34.4 Å². The summed E-state index contributed by atoms with van der Waals surface area (Å²) in [6.45, 7) is 21.6. The number of nitrogens with zero attached hydrogens (tertiary/aromatic N) is 1. The van der Waals surface area contributed by atoms with Gasteiger partial charge in [0.1, 0.15) is 6.10 Å². The largest absolute Gasteiger partial charge is 0.481 e. The molecule has 282 valence electrons. The highest BCUT2D eigenvalue weighted by Crippen LogP contribution is 2.77. The molecule has 5 aliphatic carbocycles. The van der Waals surface area contributed by atoms with Gasteiger partial charge in [-0.3, -0.25) is 19.3 Å². The Bertz CT molecular complexity index is 1420. The Hall–Kier alpha value is -1.77. The van der Waals surface area contributed by atoms with Gasteiger partial charge in [-0.1, -0.05) is 54.0 Å². The molecule has 8 nitrogen and oxygen atoms in total. The summed E-state index contributed by atoms with van der Waals surface area (Å²) in [6.07, 6.45) is 8.63. The third-order valence-electron chi connectivity index (χ3n) is 16.4. The number of carboxylic acids is 1. The van der Waals surface area contributed by atoms with Gasteiger partial charge in [0.15, 0.2) is 5.78 Å². The van der Waals surface area contributed by atoms with Crippen LogP contribution in [0, 0.1) is 56.2 Å². The third-order valence-corrected chi connectivity index (χ3v) is 16.4. The van der Waals surface area contributed by atoms with Gasteiger partial charge >= 0.3 is 11.9 Å². The fourth-order valence-corrected chi connectivity index (χ4v) is 13.5. The van der Waals surface area contributed by atoms with Gasteiger partial charge in [-0.15, -0.1) is 0 Å². The number of allylic oxidation sites excluding steroid dienone is 1. The average molecular weight is 698 g/mol. The van der Waals surface area contributed by atoms with Crippen LogP contribution < -0.4 is 0 Å². The first-order valence-corrected chi connectivity index (χ1v) is 19.9. The Kier molecular flexibility index (Phi) is 9.63. The van der Waals surface area contributed by atoms with Crippen molar-refractivity contribution in [2.24, 2.45) is 56.2 Å². The summed E-state index contributed by atoms with van der Waals surface area (Å²) in [6, 6.07) is 0. The molecule has 0 bridgehead atoms. The van der Waals surface area contributed by atoms with Crippen LogP contribution >= 0.6 is 0 Å². The fraction of sp³-hybridized carbons (Fsp3) is 0.881. The number of hydrogen-bond acceptors (Lipinski definition) is 7. The topological polar surface area (TPSA) is 124 Å². The zero-order valence-corrected chi connectivity index (χ0v) is 32.6. The van der Waals surface area contributed by atoms with Crippen LogP contribution in [-0.4, -0.2) is 75.9 Å². The summed E-state index contributed by atoms with van der Waals surface area (Å²) in [5.74, 6) is 0.0590. The van der Waals surface area contributed by atoms with E-state index in [1.807, 2.05) is 0 Å². The fourth-order valence-electron chi connectivity index (χ4n) is 13.5. The molecule has 1 heterocycles. The number of piperidine rings is 1. The summed E-state index contributed by atoms with van der Waals surface area (Å²) in [7, 11) is 0. The number of hydrogen-bond donors (Lipinski definition) is 3. The number of esters is 1. The Labute approximate surface area is 301 Å². The highest BCUT2D eigenvalue weighted by atomic mass is 16.5. The average Bonchev–Trinajstić information content (AvgIpc) is 3.32. The van der Waals surface area contributed by atoms with Crippen LogP contribution in [-0.2, 0) is 19.1 Å². The van der Waals surface area contributed by atoms with Crippen LogP contribution in [0.2, 0.25) is 0 Å². The van der Waals surface area contributed by atoms with E-state index in [0.717, 1.165) is 76.3 Å². The van der Waals surface area contributed by atoms with E-state index in [2.05, 4.69) is 53.4 Å². The predicted molar refractivity (Wildman–Crippen MR) is 193 cm³/mol. The van der Waals surface area contributed by atoms with Gasteiger partial charge in [-0.25, -0.2) is 0 Å². The number of carboxylic acid groups (broad SMARTS) is 1. The van der Waals surface area contributed by atoms with Crippen LogP contribution in [0.3, 0.4) is 0 Å². The number of likely N-dealkylation sites (tertiary alicyclic amines) is 1. The van der Waals surface area contributed by atoms with Crippen molar-refractivity contribution in [3.05, 3.63) is 11.1 Å². The second-order valence-electron chi connectivity index (χ2n) is 20.1. The molecule has 0 spiro atoms. The number of carbonyl (C=O) groups is 3. The van der Waals surface area contributed by atoms with Crippen molar-refractivity contribution >= 4 is 17.7 Å². The van der Waals surface area contributed by atoms with Crippen LogP contribution in [0.25, 0.3) is 0 Å². The van der Waals surface area contributed by atoms with E-state index in [-0.39, 0.29) is 57.9 Å². The van der Waals surface area contributed by atoms with Gasteiger partial charge < -0.3 is 20.1 Å². The van der Waals surface area contributed by atoms with Crippen LogP contribution in [0.5, 0.6) is 0 Å². The molecule has 50 heavy (non-hydrogen) atoms. The molecule has 0 aromatic heterocycles. The first kappa shape index (κ1) is 38.0. The molecule has 8 heteroatoms. The molecule has 1 saturated heterocycles. The maximum absolute atomic E-state index is 14.0. The minimum absolute atomic E-state index is 0.00952. The Morgan fingerprint density at radius 3 is 2.28 bits per heavy atom. The van der Waals surface area contributed by atoms with Gasteiger partial charge in [-0.2, -0.15) is 0 Å². The third kappa shape index (κ3) is 5.66. The van der Waals surface area contributed by atoms with Gasteiger partial charge in [-0.05, 0) is 130 Å². The van der Waals surface area contributed by atoms with Gasteiger partial charge in [0.2, 0.25) is 0 Å². The Morgan fingerprint density at radius 1 is 0.940 bits per heavy atom. The Balaban J connectivity index is 1.29.